The Bertz CT molecular complexity index is 289. The molecular weight excluding hydrogens is 196 g/mol. The van der Waals surface area contributed by atoms with E-state index in [1.165, 1.54) is 6.20 Å². The normalized spacial score (nSPS) is 14.7. The molecule has 0 amide bonds. The third-order valence-electron chi connectivity index (χ3n) is 2.00. The molecule has 0 aliphatic rings. The van der Waals surface area contributed by atoms with Gasteiger partial charge in [-0.1, -0.05) is 0 Å². The van der Waals surface area contributed by atoms with Crippen LogP contribution in [0.1, 0.15) is 18.6 Å². The molecule has 4 N–H and O–H groups in total. The highest BCUT2D eigenvalue weighted by atomic mass is 16.5. The lowest BCUT2D eigenvalue weighted by Crippen LogP contribution is -2.27. The average Bonchev–Trinajstić information content (AvgIpc) is 2.28. The zero-order valence-corrected chi connectivity index (χ0v) is 8.63. The molecule has 5 heteroatoms. The van der Waals surface area contributed by atoms with Crippen LogP contribution in [0.4, 0.5) is 0 Å². The summed E-state index contributed by atoms with van der Waals surface area (Å²) in [4.78, 5) is 3.97. The number of aliphatic hydroxyl groups excluding tert-OH is 2. The Kier molecular flexibility index (Phi) is 4.48. The van der Waals surface area contributed by atoms with Crippen LogP contribution in [0.25, 0.3) is 0 Å². The summed E-state index contributed by atoms with van der Waals surface area (Å²) in [7, 11) is 0. The van der Waals surface area contributed by atoms with Gasteiger partial charge in [-0.3, -0.25) is 0 Å². The zero-order valence-electron chi connectivity index (χ0n) is 8.63. The third kappa shape index (κ3) is 3.16. The summed E-state index contributed by atoms with van der Waals surface area (Å²) >= 11 is 0. The Morgan fingerprint density at radius 3 is 2.67 bits per heavy atom. The summed E-state index contributed by atoms with van der Waals surface area (Å²) in [6.07, 6.45) is -0.503. The molecule has 1 aromatic rings. The molecule has 0 bridgehead atoms. The van der Waals surface area contributed by atoms with Gasteiger partial charge in [-0.15, -0.1) is 0 Å². The Labute approximate surface area is 88.5 Å². The van der Waals surface area contributed by atoms with Crippen LogP contribution in [0.2, 0.25) is 0 Å². The second-order valence-corrected chi connectivity index (χ2v) is 3.11. The van der Waals surface area contributed by atoms with E-state index < -0.39 is 12.2 Å². The fraction of sp³-hybridized carbons (Fsp3) is 0.500. The largest absolute Gasteiger partial charge is 0.478 e. The molecule has 0 radical (unpaired) electrons. The van der Waals surface area contributed by atoms with Crippen LogP contribution in [-0.2, 0) is 0 Å². The van der Waals surface area contributed by atoms with Gasteiger partial charge < -0.3 is 20.7 Å². The first kappa shape index (κ1) is 11.9. The number of hydrogen-bond donors (Lipinski definition) is 3. The minimum atomic E-state index is -1.00. The molecule has 0 aliphatic heterocycles. The number of nitrogens with two attached hydrogens (primary N) is 1. The first-order valence-electron chi connectivity index (χ1n) is 4.84. The molecule has 0 saturated carbocycles. The number of aliphatic hydroxyl groups is 2. The minimum absolute atomic E-state index is 0.00831. The molecule has 84 valence electrons. The molecular formula is C10H16N2O3. The molecule has 0 aromatic carbocycles. The molecule has 1 rings (SSSR count). The van der Waals surface area contributed by atoms with Crippen molar-refractivity contribution in [1.29, 1.82) is 0 Å². The van der Waals surface area contributed by atoms with Crippen molar-refractivity contribution in [2.45, 2.75) is 19.1 Å². The van der Waals surface area contributed by atoms with Gasteiger partial charge in [-0.25, -0.2) is 4.98 Å². The second-order valence-electron chi connectivity index (χ2n) is 3.11. The van der Waals surface area contributed by atoms with Crippen LogP contribution in [0.5, 0.6) is 5.88 Å². The molecule has 5 nitrogen and oxygen atoms in total. The van der Waals surface area contributed by atoms with Crippen LogP contribution in [0.15, 0.2) is 18.3 Å². The van der Waals surface area contributed by atoms with E-state index in [0.29, 0.717) is 18.1 Å². The van der Waals surface area contributed by atoms with E-state index in [9.17, 15) is 10.2 Å². The lowest BCUT2D eigenvalue weighted by molar-refractivity contribution is 0.0241. The van der Waals surface area contributed by atoms with Gasteiger partial charge in [0.15, 0.2) is 0 Å². The van der Waals surface area contributed by atoms with Gasteiger partial charge in [-0.05, 0) is 13.0 Å². The van der Waals surface area contributed by atoms with E-state index in [0.717, 1.165) is 0 Å². The summed E-state index contributed by atoms with van der Waals surface area (Å²) < 4.78 is 5.15. The Balaban J connectivity index is 2.70. The van der Waals surface area contributed by atoms with E-state index in [-0.39, 0.29) is 6.54 Å². The predicted octanol–water partition coefficient (Wildman–Crippen LogP) is -0.167. The second kappa shape index (κ2) is 5.65. The number of ether oxygens (including phenoxy) is 1. The van der Waals surface area contributed by atoms with Gasteiger partial charge in [0.05, 0.1) is 12.7 Å². The number of nitrogens with zero attached hydrogens (tertiary/aromatic N) is 1. The van der Waals surface area contributed by atoms with Crippen molar-refractivity contribution in [1.82, 2.24) is 4.98 Å². The first-order valence-corrected chi connectivity index (χ1v) is 4.84. The Morgan fingerprint density at radius 2 is 2.20 bits per heavy atom. The van der Waals surface area contributed by atoms with Crippen LogP contribution in [0, 0.1) is 0 Å². The molecule has 0 saturated heterocycles. The van der Waals surface area contributed by atoms with Crippen LogP contribution in [-0.4, -0.2) is 34.5 Å². The summed E-state index contributed by atoms with van der Waals surface area (Å²) in [5.74, 6) is 0.496. The monoisotopic (exact) mass is 212 g/mol. The van der Waals surface area contributed by atoms with Crippen LogP contribution in [0.3, 0.4) is 0 Å². The topological polar surface area (TPSA) is 88.6 Å². The molecule has 15 heavy (non-hydrogen) atoms. The summed E-state index contributed by atoms with van der Waals surface area (Å²) in [5.41, 5.74) is 5.76. The average molecular weight is 212 g/mol. The van der Waals surface area contributed by atoms with E-state index in [1.54, 1.807) is 12.1 Å². The van der Waals surface area contributed by atoms with Gasteiger partial charge in [0.2, 0.25) is 5.88 Å². The molecule has 0 aliphatic carbocycles. The van der Waals surface area contributed by atoms with Gasteiger partial charge in [-0.2, -0.15) is 0 Å². The number of aromatic nitrogens is 1. The van der Waals surface area contributed by atoms with Crippen molar-refractivity contribution in [2.75, 3.05) is 13.2 Å². The lowest BCUT2D eigenvalue weighted by Gasteiger charge is -2.15. The Morgan fingerprint density at radius 1 is 1.47 bits per heavy atom. The quantitative estimate of drug-likeness (QED) is 0.630. The van der Waals surface area contributed by atoms with Crippen LogP contribution < -0.4 is 10.5 Å². The molecule has 0 spiro atoms. The maximum atomic E-state index is 9.60. The Hall–Kier alpha value is -1.17. The highest BCUT2D eigenvalue weighted by Gasteiger charge is 2.16. The third-order valence-corrected chi connectivity index (χ3v) is 2.00. The van der Waals surface area contributed by atoms with Crippen LogP contribution >= 0.6 is 0 Å². The fourth-order valence-electron chi connectivity index (χ4n) is 1.15. The highest BCUT2D eigenvalue weighted by Crippen LogP contribution is 2.17. The van der Waals surface area contributed by atoms with Gasteiger partial charge >= 0.3 is 0 Å². The van der Waals surface area contributed by atoms with Gasteiger partial charge in [0, 0.05) is 24.4 Å². The van der Waals surface area contributed by atoms with Crippen molar-refractivity contribution < 1.29 is 14.9 Å². The number of pyridine rings is 1. The zero-order chi connectivity index (χ0) is 11.3. The van der Waals surface area contributed by atoms with Gasteiger partial charge in [0.25, 0.3) is 0 Å². The molecule has 1 aromatic heterocycles. The maximum absolute atomic E-state index is 9.60. The van der Waals surface area contributed by atoms with Crippen molar-refractivity contribution in [3.05, 3.63) is 23.9 Å². The summed E-state index contributed by atoms with van der Waals surface area (Å²) in [6, 6.07) is 3.30. The van der Waals surface area contributed by atoms with E-state index >= 15 is 0 Å². The smallest absolute Gasteiger partial charge is 0.213 e. The molecule has 0 fully saturated rings. The summed E-state index contributed by atoms with van der Waals surface area (Å²) in [5, 5.41) is 18.9. The van der Waals surface area contributed by atoms with Gasteiger partial charge in [0.1, 0.15) is 6.10 Å². The van der Waals surface area contributed by atoms with Crippen molar-refractivity contribution in [3.63, 3.8) is 0 Å². The number of hydrogen-bond acceptors (Lipinski definition) is 5. The first-order chi connectivity index (χ1) is 7.19. The predicted molar refractivity (Wildman–Crippen MR) is 55.4 cm³/mol. The SMILES string of the molecule is CCOc1ccc(C(O)C(O)CN)cn1. The minimum Gasteiger partial charge on any atom is -0.478 e. The lowest BCUT2D eigenvalue weighted by atomic mass is 10.1. The fourth-order valence-corrected chi connectivity index (χ4v) is 1.15. The summed E-state index contributed by atoms with van der Waals surface area (Å²) in [6.45, 7) is 2.41. The maximum Gasteiger partial charge on any atom is 0.213 e. The molecule has 2 atom stereocenters. The van der Waals surface area contributed by atoms with Crippen molar-refractivity contribution in [3.8, 4) is 5.88 Å². The van der Waals surface area contributed by atoms with E-state index in [2.05, 4.69) is 4.98 Å². The molecule has 2 unspecified atom stereocenters. The van der Waals surface area contributed by atoms with Crippen molar-refractivity contribution in [2.24, 2.45) is 5.73 Å². The van der Waals surface area contributed by atoms with Crippen molar-refractivity contribution >= 4 is 0 Å². The van der Waals surface area contributed by atoms with E-state index in [4.69, 9.17) is 10.5 Å². The van der Waals surface area contributed by atoms with E-state index in [1.807, 2.05) is 6.92 Å². The molecule has 1 heterocycles. The number of rotatable bonds is 5. The standard InChI is InChI=1S/C10H16N2O3/c1-2-15-9-4-3-7(6-12-9)10(14)8(13)5-11/h3-4,6,8,10,13-14H,2,5,11H2,1H3. The highest BCUT2D eigenvalue weighted by molar-refractivity contribution is 5.20.